The quantitative estimate of drug-likeness (QED) is 0.818. The van der Waals surface area contributed by atoms with Gasteiger partial charge in [0.05, 0.1) is 11.3 Å². The molecule has 0 atom stereocenters. The zero-order valence-corrected chi connectivity index (χ0v) is 11.1. The van der Waals surface area contributed by atoms with Gasteiger partial charge in [-0.25, -0.2) is 4.79 Å². The molecule has 4 nitrogen and oxygen atoms in total. The molecule has 0 bridgehead atoms. The minimum absolute atomic E-state index is 0.0445. The van der Waals surface area contributed by atoms with Gasteiger partial charge in [-0.05, 0) is 30.2 Å². The van der Waals surface area contributed by atoms with Crippen molar-refractivity contribution in [3.8, 4) is 0 Å². The van der Waals surface area contributed by atoms with E-state index in [4.69, 9.17) is 10.8 Å². The maximum atomic E-state index is 11.0. The number of carboxylic acid groups (broad SMARTS) is 1. The van der Waals surface area contributed by atoms with Crippen LogP contribution in [0.1, 0.15) is 28.4 Å². The summed E-state index contributed by atoms with van der Waals surface area (Å²) < 4.78 is 0. The molecule has 0 fully saturated rings. The lowest BCUT2D eigenvalue weighted by Crippen LogP contribution is -2.04. The summed E-state index contributed by atoms with van der Waals surface area (Å²) in [5.41, 5.74) is 7.64. The molecule has 0 saturated heterocycles. The summed E-state index contributed by atoms with van der Waals surface area (Å²) in [5, 5.41) is 9.05. The van der Waals surface area contributed by atoms with E-state index in [1.807, 2.05) is 13.0 Å². The number of benzene rings is 1. The van der Waals surface area contributed by atoms with Crippen molar-refractivity contribution >= 4 is 34.6 Å². The molecular weight excluding hydrogens is 250 g/mol. The van der Waals surface area contributed by atoms with Crippen molar-refractivity contribution in [1.82, 2.24) is 0 Å². The lowest BCUT2D eigenvalue weighted by Gasteiger charge is -2.06. The van der Waals surface area contributed by atoms with E-state index in [9.17, 15) is 9.59 Å². The molecule has 0 saturated carbocycles. The molecule has 0 heterocycles. The molecule has 0 aromatic heterocycles. The van der Waals surface area contributed by atoms with Crippen molar-refractivity contribution in [3.05, 3.63) is 34.9 Å². The molecule has 0 unspecified atom stereocenters. The third kappa shape index (κ3) is 3.92. The monoisotopic (exact) mass is 265 g/mol. The fourth-order valence-corrected chi connectivity index (χ4v) is 1.91. The van der Waals surface area contributed by atoms with E-state index in [1.54, 1.807) is 18.2 Å². The first-order chi connectivity index (χ1) is 8.41. The van der Waals surface area contributed by atoms with Gasteiger partial charge >= 0.3 is 5.97 Å². The Hall–Kier alpha value is -1.75. The second-order valence-corrected chi connectivity index (χ2v) is 5.02. The number of rotatable bonds is 4. The van der Waals surface area contributed by atoms with Gasteiger partial charge in [0.25, 0.3) is 0 Å². The largest absolute Gasteiger partial charge is 0.478 e. The number of carbonyl (C=O) groups excluding carboxylic acids is 1. The van der Waals surface area contributed by atoms with Crippen LogP contribution in [-0.2, 0) is 4.79 Å². The van der Waals surface area contributed by atoms with Crippen LogP contribution < -0.4 is 5.73 Å². The number of anilines is 1. The molecule has 96 valence electrons. The van der Waals surface area contributed by atoms with Crippen LogP contribution in [0.15, 0.2) is 18.2 Å². The van der Waals surface area contributed by atoms with E-state index in [0.29, 0.717) is 11.3 Å². The highest BCUT2D eigenvalue weighted by Gasteiger charge is 2.10. The lowest BCUT2D eigenvalue weighted by molar-refractivity contribution is -0.109. The Balaban J connectivity index is 2.95. The van der Waals surface area contributed by atoms with Crippen molar-refractivity contribution in [1.29, 1.82) is 0 Å². The standard InChI is InChI=1S/C13H15NO3S/c1-8-6-10(4-3-5-18-9(2)15)12(14)11(7-8)13(16)17/h3-4,6-7H,5,14H2,1-2H3,(H,16,17). The number of carboxylic acids is 1. The Morgan fingerprint density at radius 3 is 2.67 bits per heavy atom. The molecule has 0 aliphatic heterocycles. The number of hydrogen-bond donors (Lipinski definition) is 2. The van der Waals surface area contributed by atoms with Gasteiger partial charge < -0.3 is 10.8 Å². The zero-order valence-electron chi connectivity index (χ0n) is 10.3. The van der Waals surface area contributed by atoms with Gasteiger partial charge in [0.1, 0.15) is 0 Å². The van der Waals surface area contributed by atoms with Crippen molar-refractivity contribution in [3.63, 3.8) is 0 Å². The molecule has 5 heteroatoms. The van der Waals surface area contributed by atoms with Crippen LogP contribution in [0.25, 0.3) is 6.08 Å². The summed E-state index contributed by atoms with van der Waals surface area (Å²) in [5.74, 6) is -0.491. The molecule has 0 radical (unpaired) electrons. The summed E-state index contributed by atoms with van der Waals surface area (Å²) >= 11 is 1.19. The Morgan fingerprint density at radius 2 is 2.11 bits per heavy atom. The van der Waals surface area contributed by atoms with Crippen molar-refractivity contribution in [2.45, 2.75) is 13.8 Å². The third-order valence-electron chi connectivity index (χ3n) is 2.27. The Kier molecular flexibility index (Phi) is 4.97. The van der Waals surface area contributed by atoms with Crippen LogP contribution in [0.5, 0.6) is 0 Å². The Labute approximate surface area is 110 Å². The second kappa shape index (κ2) is 6.26. The number of hydrogen-bond acceptors (Lipinski definition) is 4. The molecule has 3 N–H and O–H groups in total. The summed E-state index contributed by atoms with van der Waals surface area (Å²) in [6.07, 6.45) is 3.54. The van der Waals surface area contributed by atoms with Crippen molar-refractivity contribution in [2.75, 3.05) is 11.5 Å². The third-order valence-corrected chi connectivity index (χ3v) is 3.03. The number of thioether (sulfide) groups is 1. The van der Waals surface area contributed by atoms with Crippen LogP contribution in [0.2, 0.25) is 0 Å². The van der Waals surface area contributed by atoms with Crippen LogP contribution >= 0.6 is 11.8 Å². The Morgan fingerprint density at radius 1 is 1.44 bits per heavy atom. The first-order valence-corrected chi connectivity index (χ1v) is 6.33. The number of aromatic carboxylic acids is 1. The van der Waals surface area contributed by atoms with Gasteiger partial charge in [0.15, 0.2) is 5.12 Å². The van der Waals surface area contributed by atoms with Gasteiger partial charge in [-0.3, -0.25) is 4.79 Å². The summed E-state index contributed by atoms with van der Waals surface area (Å²) in [6, 6.07) is 3.36. The van der Waals surface area contributed by atoms with Crippen LogP contribution in [0, 0.1) is 6.92 Å². The minimum Gasteiger partial charge on any atom is -0.478 e. The average Bonchev–Trinajstić information content (AvgIpc) is 2.27. The molecule has 0 amide bonds. The lowest BCUT2D eigenvalue weighted by atomic mass is 10.0. The highest BCUT2D eigenvalue weighted by atomic mass is 32.2. The van der Waals surface area contributed by atoms with E-state index in [1.165, 1.54) is 18.7 Å². The first kappa shape index (κ1) is 14.3. The van der Waals surface area contributed by atoms with E-state index in [-0.39, 0.29) is 16.4 Å². The van der Waals surface area contributed by atoms with Gasteiger partial charge in [0.2, 0.25) is 0 Å². The fraction of sp³-hybridized carbons (Fsp3) is 0.231. The number of aryl methyl sites for hydroxylation is 1. The molecule has 18 heavy (non-hydrogen) atoms. The van der Waals surface area contributed by atoms with E-state index >= 15 is 0 Å². The topological polar surface area (TPSA) is 80.4 Å². The molecule has 1 aromatic carbocycles. The normalized spacial score (nSPS) is 10.8. The maximum absolute atomic E-state index is 11.0. The molecular formula is C13H15NO3S. The first-order valence-electron chi connectivity index (χ1n) is 5.35. The molecule has 1 rings (SSSR count). The molecule has 1 aromatic rings. The second-order valence-electron chi connectivity index (χ2n) is 3.83. The molecule has 0 aliphatic carbocycles. The summed E-state index contributed by atoms with van der Waals surface area (Å²) in [7, 11) is 0. The highest BCUT2D eigenvalue weighted by molar-refractivity contribution is 8.13. The van der Waals surface area contributed by atoms with E-state index < -0.39 is 5.97 Å². The molecule has 0 spiro atoms. The van der Waals surface area contributed by atoms with E-state index in [2.05, 4.69) is 0 Å². The fourth-order valence-electron chi connectivity index (χ4n) is 1.48. The van der Waals surface area contributed by atoms with Crippen molar-refractivity contribution in [2.24, 2.45) is 0 Å². The van der Waals surface area contributed by atoms with Crippen LogP contribution in [-0.4, -0.2) is 21.9 Å². The predicted molar refractivity (Wildman–Crippen MR) is 74.7 cm³/mol. The Bertz CT molecular complexity index is 509. The van der Waals surface area contributed by atoms with E-state index in [0.717, 1.165) is 5.56 Å². The van der Waals surface area contributed by atoms with Crippen LogP contribution in [0.4, 0.5) is 5.69 Å². The number of carbonyl (C=O) groups is 2. The predicted octanol–water partition coefficient (Wildman–Crippen LogP) is 2.57. The maximum Gasteiger partial charge on any atom is 0.337 e. The minimum atomic E-state index is -1.04. The van der Waals surface area contributed by atoms with Gasteiger partial charge in [-0.1, -0.05) is 23.9 Å². The zero-order chi connectivity index (χ0) is 13.7. The number of nitrogen functional groups attached to an aromatic ring is 1. The SMILES string of the molecule is CC(=O)SCC=Cc1cc(C)cc(C(=O)O)c1N. The van der Waals surface area contributed by atoms with Gasteiger partial charge in [-0.2, -0.15) is 0 Å². The van der Waals surface area contributed by atoms with Crippen molar-refractivity contribution < 1.29 is 14.7 Å². The summed E-state index contributed by atoms with van der Waals surface area (Å²) in [6.45, 7) is 3.32. The smallest absolute Gasteiger partial charge is 0.337 e. The molecule has 0 aliphatic rings. The van der Waals surface area contributed by atoms with Gasteiger partial charge in [-0.15, -0.1) is 0 Å². The average molecular weight is 265 g/mol. The highest BCUT2D eigenvalue weighted by Crippen LogP contribution is 2.22. The van der Waals surface area contributed by atoms with Gasteiger partial charge in [0, 0.05) is 12.7 Å². The number of nitrogens with two attached hydrogens (primary N) is 1. The summed E-state index contributed by atoms with van der Waals surface area (Å²) in [4.78, 5) is 21.7. The van der Waals surface area contributed by atoms with Crippen LogP contribution in [0.3, 0.4) is 0 Å².